The third kappa shape index (κ3) is 2.19. The minimum atomic E-state index is 0.0775. The lowest BCUT2D eigenvalue weighted by Gasteiger charge is -2.27. The summed E-state index contributed by atoms with van der Waals surface area (Å²) >= 11 is 0. The highest BCUT2D eigenvalue weighted by Crippen LogP contribution is 2.35. The third-order valence-electron chi connectivity index (χ3n) is 5.57. The van der Waals surface area contributed by atoms with E-state index in [1.54, 1.807) is 0 Å². The quantitative estimate of drug-likeness (QED) is 0.878. The number of carbonyl (C=O) groups is 1. The second kappa shape index (κ2) is 5.38. The Labute approximate surface area is 136 Å². The Kier molecular flexibility index (Phi) is 3.45. The van der Waals surface area contributed by atoms with Gasteiger partial charge >= 0.3 is 0 Å². The van der Waals surface area contributed by atoms with Crippen LogP contribution in [0.1, 0.15) is 46.5 Å². The number of fused-ring (bicyclic) bond motifs is 3. The maximum Gasteiger partial charge on any atom is 0.290 e. The lowest BCUT2D eigenvalue weighted by Crippen LogP contribution is -2.42. The predicted molar refractivity (Wildman–Crippen MR) is 90.9 cm³/mol. The van der Waals surface area contributed by atoms with Crippen LogP contribution < -0.4 is 5.32 Å². The molecule has 2 fully saturated rings. The Hall–Kier alpha value is -1.81. The molecule has 2 atom stereocenters. The summed E-state index contributed by atoms with van der Waals surface area (Å²) in [5.74, 6) is 0.616. The Morgan fingerprint density at radius 3 is 2.65 bits per heavy atom. The van der Waals surface area contributed by atoms with Crippen molar-refractivity contribution < 1.29 is 9.21 Å². The van der Waals surface area contributed by atoms with Gasteiger partial charge in [-0.1, -0.05) is 12.1 Å². The summed E-state index contributed by atoms with van der Waals surface area (Å²) in [6.07, 6.45) is 3.26. The lowest BCUT2D eigenvalue weighted by molar-refractivity contribution is 0.0649. The van der Waals surface area contributed by atoms with E-state index < -0.39 is 0 Å². The fourth-order valence-corrected chi connectivity index (χ4v) is 4.31. The number of carbonyl (C=O) groups excluding carboxylic acids is 1. The zero-order valence-corrected chi connectivity index (χ0v) is 14.1. The van der Waals surface area contributed by atoms with E-state index in [2.05, 4.69) is 29.3 Å². The Balaban J connectivity index is 1.80. The van der Waals surface area contributed by atoms with E-state index in [1.807, 2.05) is 13.8 Å². The Morgan fingerprint density at radius 1 is 1.13 bits per heavy atom. The predicted octanol–water partition coefficient (Wildman–Crippen LogP) is 3.32. The number of hydrogen-bond acceptors (Lipinski definition) is 3. The van der Waals surface area contributed by atoms with Crippen molar-refractivity contribution in [1.29, 1.82) is 0 Å². The molecule has 2 bridgehead atoms. The molecule has 1 amide bonds. The highest BCUT2D eigenvalue weighted by molar-refractivity contribution is 6.01. The van der Waals surface area contributed by atoms with Crippen molar-refractivity contribution in [2.24, 2.45) is 0 Å². The minimum Gasteiger partial charge on any atom is -0.450 e. The van der Waals surface area contributed by atoms with Crippen LogP contribution in [-0.4, -0.2) is 36.0 Å². The van der Waals surface area contributed by atoms with Crippen LogP contribution >= 0.6 is 0 Å². The van der Waals surface area contributed by atoms with Crippen LogP contribution in [-0.2, 0) is 0 Å². The molecule has 2 aliphatic heterocycles. The van der Waals surface area contributed by atoms with Crippen molar-refractivity contribution in [3.63, 3.8) is 0 Å². The largest absolute Gasteiger partial charge is 0.450 e. The van der Waals surface area contributed by atoms with Crippen LogP contribution in [0, 0.1) is 20.8 Å². The van der Waals surface area contributed by atoms with Gasteiger partial charge in [0.2, 0.25) is 0 Å². The fraction of sp³-hybridized carbons (Fsp3) is 0.526. The second-order valence-electron chi connectivity index (χ2n) is 7.05. The van der Waals surface area contributed by atoms with E-state index in [-0.39, 0.29) is 5.91 Å². The first kappa shape index (κ1) is 14.8. The average molecular weight is 312 g/mol. The van der Waals surface area contributed by atoms with Gasteiger partial charge in [0.05, 0.1) is 0 Å². The van der Waals surface area contributed by atoms with Crippen molar-refractivity contribution in [2.75, 3.05) is 13.1 Å². The molecule has 1 aromatic carbocycles. The standard InChI is InChI=1S/C19H24N2O2/c1-11-4-5-12(2)17-16(11)13(3)18(23-17)19(22)21-14-6-7-15(21)10-20-9-8-14/h4-5,14-15,20H,6-10H2,1-3H3. The van der Waals surface area contributed by atoms with E-state index in [4.69, 9.17) is 4.42 Å². The van der Waals surface area contributed by atoms with Crippen LogP contribution in [0.3, 0.4) is 0 Å². The highest BCUT2D eigenvalue weighted by atomic mass is 16.3. The number of furan rings is 1. The van der Waals surface area contributed by atoms with Gasteiger partial charge in [0.1, 0.15) is 5.58 Å². The summed E-state index contributed by atoms with van der Waals surface area (Å²) in [4.78, 5) is 15.3. The smallest absolute Gasteiger partial charge is 0.290 e. The molecule has 2 saturated heterocycles. The van der Waals surface area contributed by atoms with Gasteiger partial charge in [0.25, 0.3) is 5.91 Å². The third-order valence-corrected chi connectivity index (χ3v) is 5.57. The topological polar surface area (TPSA) is 45.5 Å². The summed E-state index contributed by atoms with van der Waals surface area (Å²) in [5, 5.41) is 4.56. The molecule has 1 aromatic heterocycles. The van der Waals surface area contributed by atoms with Gasteiger partial charge < -0.3 is 14.6 Å². The van der Waals surface area contributed by atoms with E-state index in [9.17, 15) is 4.79 Å². The molecule has 0 saturated carbocycles. The van der Waals surface area contributed by atoms with Crippen molar-refractivity contribution in [2.45, 2.75) is 52.1 Å². The van der Waals surface area contributed by atoms with E-state index >= 15 is 0 Å². The minimum absolute atomic E-state index is 0.0775. The lowest BCUT2D eigenvalue weighted by atomic mass is 10.0. The first-order chi connectivity index (χ1) is 11.1. The number of aryl methyl sites for hydroxylation is 3. The van der Waals surface area contributed by atoms with Crippen LogP contribution in [0.5, 0.6) is 0 Å². The van der Waals surface area contributed by atoms with Crippen LogP contribution in [0.15, 0.2) is 16.5 Å². The zero-order valence-electron chi connectivity index (χ0n) is 14.1. The van der Waals surface area contributed by atoms with Gasteiger partial charge in [-0.3, -0.25) is 4.79 Å². The molecule has 0 radical (unpaired) electrons. The van der Waals surface area contributed by atoms with Gasteiger partial charge in [-0.15, -0.1) is 0 Å². The molecule has 4 rings (SSSR count). The first-order valence-electron chi connectivity index (χ1n) is 8.60. The van der Waals surface area contributed by atoms with Gasteiger partial charge in [0, 0.05) is 29.6 Å². The Bertz CT molecular complexity index is 763. The molecule has 2 aliphatic rings. The molecule has 23 heavy (non-hydrogen) atoms. The maximum atomic E-state index is 13.2. The number of benzene rings is 1. The molecule has 2 unspecified atom stereocenters. The molecule has 0 spiro atoms. The normalized spacial score (nSPS) is 24.2. The van der Waals surface area contributed by atoms with E-state index in [0.717, 1.165) is 54.4 Å². The monoisotopic (exact) mass is 312 g/mol. The van der Waals surface area contributed by atoms with Crippen molar-refractivity contribution in [3.05, 3.63) is 34.6 Å². The summed E-state index contributed by atoms with van der Waals surface area (Å²) in [6, 6.07) is 4.84. The van der Waals surface area contributed by atoms with Crippen LogP contribution in [0.2, 0.25) is 0 Å². The number of rotatable bonds is 1. The molecule has 4 nitrogen and oxygen atoms in total. The molecule has 4 heteroatoms. The second-order valence-corrected chi connectivity index (χ2v) is 7.05. The molecular weight excluding hydrogens is 288 g/mol. The van der Waals surface area contributed by atoms with E-state index in [0.29, 0.717) is 17.8 Å². The highest BCUT2D eigenvalue weighted by Gasteiger charge is 2.40. The van der Waals surface area contributed by atoms with Gasteiger partial charge in [0.15, 0.2) is 5.76 Å². The summed E-state index contributed by atoms with van der Waals surface area (Å²) in [7, 11) is 0. The summed E-state index contributed by atoms with van der Waals surface area (Å²) < 4.78 is 6.08. The number of hydrogen-bond donors (Lipinski definition) is 1. The van der Waals surface area contributed by atoms with Gasteiger partial charge in [-0.05, 0) is 57.7 Å². The first-order valence-corrected chi connectivity index (χ1v) is 8.60. The molecule has 1 N–H and O–H groups in total. The average Bonchev–Trinajstić information content (AvgIpc) is 2.99. The molecule has 3 heterocycles. The molecular formula is C19H24N2O2. The number of amides is 1. The number of nitrogens with zero attached hydrogens (tertiary/aromatic N) is 1. The summed E-state index contributed by atoms with van der Waals surface area (Å²) in [6.45, 7) is 8.04. The van der Waals surface area contributed by atoms with E-state index in [1.165, 1.54) is 5.56 Å². The van der Waals surface area contributed by atoms with Crippen molar-refractivity contribution >= 4 is 16.9 Å². The van der Waals surface area contributed by atoms with Crippen molar-refractivity contribution in [1.82, 2.24) is 10.2 Å². The molecule has 2 aromatic rings. The summed E-state index contributed by atoms with van der Waals surface area (Å²) in [5.41, 5.74) is 4.12. The molecule has 122 valence electrons. The van der Waals surface area contributed by atoms with Crippen LogP contribution in [0.4, 0.5) is 0 Å². The maximum absolute atomic E-state index is 13.2. The SMILES string of the molecule is Cc1ccc(C)c2c(C)c(C(=O)N3C4CCNCC3CC4)oc12. The Morgan fingerprint density at radius 2 is 1.87 bits per heavy atom. The fourth-order valence-electron chi connectivity index (χ4n) is 4.31. The molecule has 0 aliphatic carbocycles. The van der Waals surface area contributed by atoms with Crippen molar-refractivity contribution in [3.8, 4) is 0 Å². The van der Waals surface area contributed by atoms with Crippen LogP contribution in [0.25, 0.3) is 11.0 Å². The zero-order chi connectivity index (χ0) is 16.1. The number of nitrogens with one attached hydrogen (secondary N) is 1. The van der Waals surface area contributed by atoms with Gasteiger partial charge in [-0.2, -0.15) is 0 Å². The van der Waals surface area contributed by atoms with Gasteiger partial charge in [-0.25, -0.2) is 0 Å².